The van der Waals surface area contributed by atoms with Crippen molar-refractivity contribution in [2.75, 3.05) is 0 Å². The van der Waals surface area contributed by atoms with Gasteiger partial charge in [-0.15, -0.1) is 0 Å². The van der Waals surface area contributed by atoms with Crippen LogP contribution in [0.25, 0.3) is 0 Å². The number of hydrogen-bond acceptors (Lipinski definition) is 4. The van der Waals surface area contributed by atoms with Crippen molar-refractivity contribution in [2.24, 2.45) is 0 Å². The van der Waals surface area contributed by atoms with Gasteiger partial charge in [-0.2, -0.15) is 0 Å². The molecular weight excluding hydrogens is 286 g/mol. The highest BCUT2D eigenvalue weighted by Crippen LogP contribution is 2.51. The van der Waals surface area contributed by atoms with Crippen molar-refractivity contribution in [3.8, 4) is 0 Å². The molecule has 2 saturated heterocycles. The first-order valence-electron chi connectivity index (χ1n) is 7.27. The largest absolute Gasteiger partial charge is 0.250 e. The van der Waals surface area contributed by atoms with Crippen molar-refractivity contribution in [2.45, 2.75) is 50.8 Å². The fraction of sp³-hybridized carbons (Fsp3) is 0.571. The summed E-state index contributed by atoms with van der Waals surface area (Å²) < 4.78 is 0. The maximum absolute atomic E-state index is 3.41. The maximum Gasteiger partial charge on any atom is 0.0438 e. The molecule has 0 saturated carbocycles. The molecule has 20 heavy (non-hydrogen) atoms. The Morgan fingerprint density at radius 2 is 0.950 bits per heavy atom. The van der Waals surface area contributed by atoms with E-state index in [0.29, 0.717) is 23.1 Å². The smallest absolute Gasteiger partial charge is 0.0438 e. The number of nitrogens with one attached hydrogen (secondary N) is 4. The van der Waals surface area contributed by atoms with E-state index < -0.39 is 0 Å². The summed E-state index contributed by atoms with van der Waals surface area (Å²) in [5.74, 6) is 2.13. The van der Waals surface area contributed by atoms with Gasteiger partial charge in [0.15, 0.2) is 0 Å². The van der Waals surface area contributed by atoms with Gasteiger partial charge in [0.25, 0.3) is 0 Å². The molecule has 0 amide bonds. The first-order chi connectivity index (χ1) is 9.59. The lowest BCUT2D eigenvalue weighted by molar-refractivity contribution is 0.567. The molecule has 6 heteroatoms. The summed E-state index contributed by atoms with van der Waals surface area (Å²) in [5, 5.41) is 3.16. The Morgan fingerprint density at radius 1 is 0.650 bits per heavy atom. The van der Waals surface area contributed by atoms with Crippen molar-refractivity contribution in [3.63, 3.8) is 0 Å². The molecule has 0 spiro atoms. The van der Waals surface area contributed by atoms with E-state index in [2.05, 4.69) is 73.7 Å². The minimum Gasteiger partial charge on any atom is -0.250 e. The molecule has 4 N–H and O–H groups in total. The molecule has 0 radical (unpaired) electrons. The molecule has 110 valence electrons. The van der Waals surface area contributed by atoms with Crippen LogP contribution >= 0.6 is 15.8 Å². The van der Waals surface area contributed by atoms with Crippen molar-refractivity contribution >= 4 is 26.5 Å². The van der Waals surface area contributed by atoms with Crippen molar-refractivity contribution < 1.29 is 0 Å². The molecule has 1 aromatic rings. The third-order valence-corrected chi connectivity index (χ3v) is 10.0. The van der Waals surface area contributed by atoms with Crippen LogP contribution in [0.5, 0.6) is 0 Å². The molecule has 4 unspecified atom stereocenters. The molecule has 2 fully saturated rings. The van der Waals surface area contributed by atoms with E-state index in [1.54, 1.807) is 10.6 Å². The van der Waals surface area contributed by atoms with Gasteiger partial charge in [-0.25, -0.2) is 21.7 Å². The monoisotopic (exact) mass is 310 g/mol. The van der Waals surface area contributed by atoms with E-state index >= 15 is 0 Å². The van der Waals surface area contributed by atoms with Crippen molar-refractivity contribution in [1.29, 1.82) is 0 Å². The van der Waals surface area contributed by atoms with Crippen molar-refractivity contribution in [1.82, 2.24) is 21.7 Å². The quantitative estimate of drug-likeness (QED) is 0.625. The summed E-state index contributed by atoms with van der Waals surface area (Å²) in [6, 6.07) is 9.09. The zero-order valence-electron chi connectivity index (χ0n) is 12.5. The van der Waals surface area contributed by atoms with Crippen LogP contribution in [-0.4, -0.2) is 23.1 Å². The summed E-state index contributed by atoms with van der Waals surface area (Å²) >= 11 is 0. The van der Waals surface area contributed by atoms with Crippen LogP contribution in [0, 0.1) is 0 Å². The lowest BCUT2D eigenvalue weighted by Gasteiger charge is -2.27. The van der Waals surface area contributed by atoms with Crippen LogP contribution < -0.4 is 32.3 Å². The number of rotatable bonds is 2. The van der Waals surface area contributed by atoms with E-state index in [0.717, 1.165) is 0 Å². The van der Waals surface area contributed by atoms with Gasteiger partial charge in [-0.05, 0) is 54.1 Å². The summed E-state index contributed by atoms with van der Waals surface area (Å²) in [7, 11) is -0.398. The first kappa shape index (κ1) is 14.8. The summed E-state index contributed by atoms with van der Waals surface area (Å²) in [6.45, 7) is 9.18. The Kier molecular flexibility index (Phi) is 4.42. The van der Waals surface area contributed by atoms with E-state index in [-0.39, 0.29) is 15.8 Å². The maximum atomic E-state index is 3.41. The van der Waals surface area contributed by atoms with E-state index in [9.17, 15) is 0 Å². The molecule has 2 aliphatic rings. The molecule has 4 nitrogen and oxygen atoms in total. The normalized spacial score (nSPS) is 41.2. The van der Waals surface area contributed by atoms with Gasteiger partial charge in [0, 0.05) is 23.1 Å². The van der Waals surface area contributed by atoms with Crippen LogP contribution in [0.3, 0.4) is 0 Å². The fourth-order valence-corrected chi connectivity index (χ4v) is 8.92. The van der Waals surface area contributed by atoms with Gasteiger partial charge in [-0.1, -0.05) is 24.3 Å². The average molecular weight is 310 g/mol. The second kappa shape index (κ2) is 5.96. The molecule has 6 atom stereocenters. The number of hydrazine groups is 2. The van der Waals surface area contributed by atoms with Crippen LogP contribution in [0.4, 0.5) is 0 Å². The van der Waals surface area contributed by atoms with E-state index in [1.165, 1.54) is 0 Å². The predicted molar refractivity (Wildman–Crippen MR) is 89.9 cm³/mol. The Hall–Kier alpha value is -0.0800. The van der Waals surface area contributed by atoms with Gasteiger partial charge in [0.1, 0.15) is 0 Å². The van der Waals surface area contributed by atoms with Crippen molar-refractivity contribution in [3.05, 3.63) is 24.3 Å². The fourth-order valence-electron chi connectivity index (χ4n) is 3.17. The van der Waals surface area contributed by atoms with Gasteiger partial charge >= 0.3 is 0 Å². The highest BCUT2D eigenvalue weighted by molar-refractivity contribution is 7.73. The lowest BCUT2D eigenvalue weighted by atomic mass is 10.4. The topological polar surface area (TPSA) is 48.1 Å². The molecule has 1 aromatic carbocycles. The average Bonchev–Trinajstić information content (AvgIpc) is 2.93. The zero-order chi connectivity index (χ0) is 14.3. The third kappa shape index (κ3) is 2.54. The van der Waals surface area contributed by atoms with Crippen LogP contribution in [-0.2, 0) is 0 Å². The van der Waals surface area contributed by atoms with E-state index in [1.807, 2.05) is 0 Å². The second-order valence-electron chi connectivity index (χ2n) is 5.58. The second-order valence-corrected chi connectivity index (χ2v) is 11.3. The van der Waals surface area contributed by atoms with Crippen LogP contribution in [0.15, 0.2) is 24.3 Å². The zero-order valence-corrected chi connectivity index (χ0v) is 14.3. The van der Waals surface area contributed by atoms with E-state index in [4.69, 9.17) is 0 Å². The summed E-state index contributed by atoms with van der Waals surface area (Å²) in [6.07, 6.45) is 0. The number of hydrogen-bond donors (Lipinski definition) is 4. The molecule has 3 rings (SSSR count). The third-order valence-electron chi connectivity index (χ3n) is 4.11. The minimum absolute atomic E-state index is 0.199. The van der Waals surface area contributed by atoms with Gasteiger partial charge in [0.2, 0.25) is 0 Å². The first-order valence-corrected chi connectivity index (χ1v) is 10.2. The molecule has 0 bridgehead atoms. The molecule has 2 aliphatic heterocycles. The van der Waals surface area contributed by atoms with Gasteiger partial charge in [0.05, 0.1) is 0 Å². The molecule has 0 aliphatic carbocycles. The highest BCUT2D eigenvalue weighted by Gasteiger charge is 2.37. The Morgan fingerprint density at radius 3 is 1.25 bits per heavy atom. The standard InChI is InChI=1S/C14H24N4P2/c1-9-15-16-10(2)19(9)13-7-5-6-8-14(13)20-11(3)17-18-12(20)4/h5-12,15-18H,1-4H3/t9-,10?,11-,12?,19?,20?/m0/s1. The van der Waals surface area contributed by atoms with Crippen LogP contribution in [0.1, 0.15) is 27.7 Å². The lowest BCUT2D eigenvalue weighted by Crippen LogP contribution is -2.30. The Balaban J connectivity index is 2.00. The summed E-state index contributed by atoms with van der Waals surface area (Å²) in [5.41, 5.74) is 13.7. The molecule has 0 aromatic heterocycles. The van der Waals surface area contributed by atoms with Gasteiger partial charge in [-0.3, -0.25) is 0 Å². The Labute approximate surface area is 123 Å². The molecular formula is C14H24N4P2. The van der Waals surface area contributed by atoms with Crippen LogP contribution in [0.2, 0.25) is 0 Å². The predicted octanol–water partition coefficient (Wildman–Crippen LogP) is 1.50. The van der Waals surface area contributed by atoms with Gasteiger partial charge < -0.3 is 0 Å². The number of benzene rings is 1. The Bertz CT molecular complexity index is 421. The minimum atomic E-state index is -0.199. The SMILES string of the molecule is CC1NN[C@H](C)P1c1ccccc1P1C(C)NN[C@@H]1C. The highest BCUT2D eigenvalue weighted by atomic mass is 31.1. The summed E-state index contributed by atoms with van der Waals surface area (Å²) in [4.78, 5) is 0. The molecule has 2 heterocycles.